The van der Waals surface area contributed by atoms with Gasteiger partial charge in [0.05, 0.1) is 16.8 Å². The van der Waals surface area contributed by atoms with Crippen LogP contribution >= 0.6 is 11.8 Å². The summed E-state index contributed by atoms with van der Waals surface area (Å²) in [7, 11) is 0. The molecule has 0 bridgehead atoms. The maximum atomic E-state index is 13.1. The first kappa shape index (κ1) is 20.1. The van der Waals surface area contributed by atoms with Gasteiger partial charge >= 0.3 is 0 Å². The van der Waals surface area contributed by atoms with E-state index >= 15 is 0 Å². The highest BCUT2D eigenvalue weighted by atomic mass is 32.2. The minimum absolute atomic E-state index is 0.139. The molecule has 1 N–H and O–H groups in total. The molecular weight excluding hydrogens is 405 g/mol. The smallest absolute Gasteiger partial charge is 0.249 e. The third-order valence-electron chi connectivity index (χ3n) is 4.60. The van der Waals surface area contributed by atoms with Crippen molar-refractivity contribution in [1.29, 1.82) is 0 Å². The molecule has 2 aromatic heterocycles. The number of fused-ring (bicyclic) bond motifs is 1. The number of hydrogen-bond acceptors (Lipinski definition) is 6. The third kappa shape index (κ3) is 4.20. The second-order valence-electron chi connectivity index (χ2n) is 6.79. The van der Waals surface area contributed by atoms with Gasteiger partial charge in [-0.2, -0.15) is 16.7 Å². The molecule has 1 atom stereocenters. The zero-order valence-electron chi connectivity index (χ0n) is 16.5. The van der Waals surface area contributed by atoms with E-state index in [4.69, 9.17) is 4.52 Å². The predicted octanol–water partition coefficient (Wildman–Crippen LogP) is 3.97. The van der Waals surface area contributed by atoms with Crippen LogP contribution in [0.2, 0.25) is 0 Å². The van der Waals surface area contributed by atoms with Gasteiger partial charge in [0.1, 0.15) is 24.2 Å². The van der Waals surface area contributed by atoms with Crippen LogP contribution < -0.4 is 5.32 Å². The molecule has 4 aromatic rings. The Morgan fingerprint density at radius 2 is 1.97 bits per heavy atom. The summed E-state index contributed by atoms with van der Waals surface area (Å²) in [6.45, 7) is 1.91. The molecule has 0 radical (unpaired) electrons. The summed E-state index contributed by atoms with van der Waals surface area (Å²) in [6, 6.07) is 13.1. The second-order valence-corrected chi connectivity index (χ2v) is 7.65. The van der Waals surface area contributed by atoms with E-state index in [1.165, 1.54) is 12.1 Å². The van der Waals surface area contributed by atoms with Gasteiger partial charge in [-0.05, 0) is 49.6 Å². The number of carbonyl (C=O) groups excluding carboxylic acids is 1. The minimum atomic E-state index is -0.474. The SMILES string of the molecule is CSCc1nc2ccccc2n1CC(=O)NC(C)c1nc(-c2ccc(F)cc2)no1. The van der Waals surface area contributed by atoms with Crippen molar-refractivity contribution in [1.82, 2.24) is 25.0 Å². The standard InChI is InChI=1S/C21H20FN5O2S/c1-13(21-25-20(26-29-21)14-7-9-15(22)10-8-14)23-19(28)11-27-17-6-4-3-5-16(17)24-18(27)12-30-2/h3-10,13H,11-12H2,1-2H3,(H,23,28). The Morgan fingerprint density at radius 1 is 1.20 bits per heavy atom. The molecule has 4 rings (SSSR count). The van der Waals surface area contributed by atoms with Crippen molar-refractivity contribution in [2.24, 2.45) is 0 Å². The van der Waals surface area contributed by atoms with Crippen molar-refractivity contribution in [3.05, 3.63) is 66.1 Å². The summed E-state index contributed by atoms with van der Waals surface area (Å²) >= 11 is 1.65. The van der Waals surface area contributed by atoms with Crippen molar-refractivity contribution >= 4 is 28.7 Å². The topological polar surface area (TPSA) is 85.8 Å². The van der Waals surface area contributed by atoms with Crippen molar-refractivity contribution in [3.8, 4) is 11.4 Å². The number of nitrogens with zero attached hydrogens (tertiary/aromatic N) is 4. The van der Waals surface area contributed by atoms with Crippen molar-refractivity contribution < 1.29 is 13.7 Å². The molecule has 2 aromatic carbocycles. The van der Waals surface area contributed by atoms with Crippen molar-refractivity contribution in [3.63, 3.8) is 0 Å². The van der Waals surface area contributed by atoms with Gasteiger partial charge < -0.3 is 14.4 Å². The number of aromatic nitrogens is 4. The number of thioether (sulfide) groups is 1. The van der Waals surface area contributed by atoms with Crippen molar-refractivity contribution in [2.45, 2.75) is 25.3 Å². The van der Waals surface area contributed by atoms with E-state index in [2.05, 4.69) is 20.4 Å². The maximum absolute atomic E-state index is 13.1. The number of para-hydroxylation sites is 2. The summed E-state index contributed by atoms with van der Waals surface area (Å²) in [5.74, 6) is 1.66. The quantitative estimate of drug-likeness (QED) is 0.482. The monoisotopic (exact) mass is 425 g/mol. The lowest BCUT2D eigenvalue weighted by Crippen LogP contribution is -2.30. The number of carbonyl (C=O) groups is 1. The largest absolute Gasteiger partial charge is 0.343 e. The average Bonchev–Trinajstić information content (AvgIpc) is 3.35. The van der Waals surface area contributed by atoms with Gasteiger partial charge in [0.2, 0.25) is 17.6 Å². The van der Waals surface area contributed by atoms with E-state index in [-0.39, 0.29) is 24.2 Å². The van der Waals surface area contributed by atoms with Crippen molar-refractivity contribution in [2.75, 3.05) is 6.26 Å². The molecule has 7 nitrogen and oxygen atoms in total. The molecule has 0 fully saturated rings. The number of rotatable bonds is 7. The highest BCUT2D eigenvalue weighted by molar-refractivity contribution is 7.97. The highest BCUT2D eigenvalue weighted by Crippen LogP contribution is 2.21. The maximum Gasteiger partial charge on any atom is 0.249 e. The van der Waals surface area contributed by atoms with Gasteiger partial charge in [0.15, 0.2) is 0 Å². The minimum Gasteiger partial charge on any atom is -0.343 e. The van der Waals surface area contributed by atoms with E-state index in [0.29, 0.717) is 17.1 Å². The Bertz CT molecular complexity index is 1170. The van der Waals surface area contributed by atoms with Crippen LogP contribution in [0.1, 0.15) is 24.7 Å². The molecule has 0 saturated carbocycles. The van der Waals surface area contributed by atoms with E-state index in [0.717, 1.165) is 16.9 Å². The Kier molecular flexibility index (Phi) is 5.80. The normalized spacial score (nSPS) is 12.2. The lowest BCUT2D eigenvalue weighted by atomic mass is 10.2. The number of imidazole rings is 1. The first-order chi connectivity index (χ1) is 14.5. The molecule has 0 aliphatic heterocycles. The van der Waals surface area contributed by atoms with Crippen LogP contribution in [-0.4, -0.2) is 31.9 Å². The average molecular weight is 425 g/mol. The van der Waals surface area contributed by atoms with E-state index < -0.39 is 6.04 Å². The molecule has 1 unspecified atom stereocenters. The van der Waals surface area contributed by atoms with Crippen LogP contribution in [0.4, 0.5) is 4.39 Å². The first-order valence-corrected chi connectivity index (χ1v) is 10.8. The number of amides is 1. The summed E-state index contributed by atoms with van der Waals surface area (Å²) in [4.78, 5) is 21.7. The van der Waals surface area contributed by atoms with E-state index in [1.54, 1.807) is 30.8 Å². The van der Waals surface area contributed by atoms with Crippen LogP contribution in [0.15, 0.2) is 53.1 Å². The molecule has 9 heteroatoms. The summed E-state index contributed by atoms with van der Waals surface area (Å²) in [6.07, 6.45) is 2.00. The lowest BCUT2D eigenvalue weighted by molar-refractivity contribution is -0.122. The molecule has 30 heavy (non-hydrogen) atoms. The fourth-order valence-corrected chi connectivity index (χ4v) is 3.64. The van der Waals surface area contributed by atoms with E-state index in [9.17, 15) is 9.18 Å². The van der Waals surface area contributed by atoms with Crippen LogP contribution in [0.25, 0.3) is 22.4 Å². The summed E-state index contributed by atoms with van der Waals surface area (Å²) in [5.41, 5.74) is 2.42. The van der Waals surface area contributed by atoms with Crippen LogP contribution in [-0.2, 0) is 17.1 Å². The first-order valence-electron chi connectivity index (χ1n) is 9.37. The predicted molar refractivity (Wildman–Crippen MR) is 113 cm³/mol. The van der Waals surface area contributed by atoms with Gasteiger partial charge in [0, 0.05) is 5.56 Å². The fraction of sp³-hybridized carbons (Fsp3) is 0.238. The van der Waals surface area contributed by atoms with Gasteiger partial charge in [-0.25, -0.2) is 9.37 Å². The Balaban J connectivity index is 1.48. The molecule has 0 saturated heterocycles. The molecule has 0 spiro atoms. The zero-order chi connectivity index (χ0) is 21.1. The van der Waals surface area contributed by atoms with Gasteiger partial charge in [-0.15, -0.1) is 0 Å². The second kappa shape index (κ2) is 8.66. The molecule has 0 aliphatic carbocycles. The highest BCUT2D eigenvalue weighted by Gasteiger charge is 2.19. The Morgan fingerprint density at radius 3 is 2.73 bits per heavy atom. The van der Waals surface area contributed by atoms with Crippen LogP contribution in [0.3, 0.4) is 0 Å². The lowest BCUT2D eigenvalue weighted by Gasteiger charge is -2.12. The van der Waals surface area contributed by atoms with Gasteiger partial charge in [-0.1, -0.05) is 17.3 Å². The Hall–Kier alpha value is -3.20. The third-order valence-corrected chi connectivity index (χ3v) is 5.15. The number of hydrogen-bond donors (Lipinski definition) is 1. The molecular formula is C21H20FN5O2S. The molecule has 154 valence electrons. The van der Waals surface area contributed by atoms with Gasteiger partial charge in [-0.3, -0.25) is 4.79 Å². The summed E-state index contributed by atoms with van der Waals surface area (Å²) in [5, 5.41) is 6.81. The number of nitrogens with one attached hydrogen (secondary N) is 1. The van der Waals surface area contributed by atoms with Crippen LogP contribution in [0, 0.1) is 5.82 Å². The van der Waals surface area contributed by atoms with Crippen LogP contribution in [0.5, 0.6) is 0 Å². The summed E-state index contributed by atoms with van der Waals surface area (Å²) < 4.78 is 20.3. The zero-order valence-corrected chi connectivity index (χ0v) is 17.3. The number of benzene rings is 2. The molecule has 2 heterocycles. The molecule has 1 amide bonds. The molecule has 0 aliphatic rings. The van der Waals surface area contributed by atoms with Gasteiger partial charge in [0.25, 0.3) is 0 Å². The Labute approximate surface area is 176 Å². The van der Waals surface area contributed by atoms with E-state index in [1.807, 2.05) is 35.1 Å². The number of halogens is 1. The fourth-order valence-electron chi connectivity index (χ4n) is 3.16.